The van der Waals surface area contributed by atoms with E-state index in [0.717, 1.165) is 5.56 Å². The largest absolute Gasteiger partial charge is 0.497 e. The molecule has 0 aromatic heterocycles. The van der Waals surface area contributed by atoms with Crippen LogP contribution >= 0.6 is 0 Å². The molecule has 126 valence electrons. The van der Waals surface area contributed by atoms with Crippen LogP contribution in [0.5, 0.6) is 5.75 Å². The van der Waals surface area contributed by atoms with E-state index in [1.54, 1.807) is 43.5 Å². The predicted octanol–water partition coefficient (Wildman–Crippen LogP) is 2.52. The van der Waals surface area contributed by atoms with Crippen LogP contribution in [0, 0.1) is 5.82 Å². The maximum Gasteiger partial charge on any atom is 0.233 e. The van der Waals surface area contributed by atoms with Crippen molar-refractivity contribution in [2.75, 3.05) is 19.0 Å². The van der Waals surface area contributed by atoms with Crippen LogP contribution in [-0.4, -0.2) is 25.5 Å². The van der Waals surface area contributed by atoms with Crippen molar-refractivity contribution in [2.45, 2.75) is 12.8 Å². The highest BCUT2D eigenvalue weighted by atomic mass is 19.1. The molecule has 0 radical (unpaired) electrons. The van der Waals surface area contributed by atoms with E-state index < -0.39 is 0 Å². The van der Waals surface area contributed by atoms with E-state index in [1.165, 1.54) is 12.1 Å². The highest BCUT2D eigenvalue weighted by Gasteiger charge is 2.09. The number of methoxy groups -OCH3 is 1. The monoisotopic (exact) mass is 330 g/mol. The summed E-state index contributed by atoms with van der Waals surface area (Å²) in [6.45, 7) is 0.389. The van der Waals surface area contributed by atoms with Crippen molar-refractivity contribution in [1.82, 2.24) is 5.32 Å². The molecule has 0 aliphatic rings. The average Bonchev–Trinajstić information content (AvgIpc) is 2.57. The fraction of sp³-hybridized carbons (Fsp3) is 0.222. The minimum Gasteiger partial charge on any atom is -0.497 e. The second kappa shape index (κ2) is 8.67. The van der Waals surface area contributed by atoms with Gasteiger partial charge in [0.05, 0.1) is 7.11 Å². The molecular formula is C18H19FN2O3. The molecular weight excluding hydrogens is 311 g/mol. The highest BCUT2D eigenvalue weighted by Crippen LogP contribution is 2.15. The first-order valence-electron chi connectivity index (χ1n) is 7.52. The van der Waals surface area contributed by atoms with Gasteiger partial charge in [0.15, 0.2) is 0 Å². The summed E-state index contributed by atoms with van der Waals surface area (Å²) in [5.41, 5.74) is 1.51. The van der Waals surface area contributed by atoms with Gasteiger partial charge in [0.1, 0.15) is 18.0 Å². The molecule has 5 nitrogen and oxygen atoms in total. The number of halogens is 1. The van der Waals surface area contributed by atoms with Crippen molar-refractivity contribution >= 4 is 17.5 Å². The molecule has 0 aliphatic heterocycles. The van der Waals surface area contributed by atoms with Crippen LogP contribution in [0.3, 0.4) is 0 Å². The van der Waals surface area contributed by atoms with Gasteiger partial charge in [-0.25, -0.2) is 4.39 Å². The van der Waals surface area contributed by atoms with Crippen molar-refractivity contribution in [3.63, 3.8) is 0 Å². The maximum absolute atomic E-state index is 12.8. The smallest absolute Gasteiger partial charge is 0.233 e. The van der Waals surface area contributed by atoms with Gasteiger partial charge in [0.2, 0.25) is 11.8 Å². The Morgan fingerprint density at radius 2 is 1.67 bits per heavy atom. The Kier molecular flexibility index (Phi) is 6.31. The summed E-state index contributed by atoms with van der Waals surface area (Å²) in [4.78, 5) is 23.5. The normalized spacial score (nSPS) is 10.1. The van der Waals surface area contributed by atoms with Crippen LogP contribution in [0.2, 0.25) is 0 Å². The van der Waals surface area contributed by atoms with Crippen molar-refractivity contribution in [1.29, 1.82) is 0 Å². The maximum atomic E-state index is 12.8. The quantitative estimate of drug-likeness (QED) is 0.767. The third-order valence-electron chi connectivity index (χ3n) is 3.34. The molecule has 2 rings (SSSR count). The van der Waals surface area contributed by atoms with Gasteiger partial charge in [-0.05, 0) is 48.4 Å². The van der Waals surface area contributed by atoms with Crippen molar-refractivity contribution < 1.29 is 18.7 Å². The minimum atomic E-state index is -0.389. The standard InChI is InChI=1S/C18H19FN2O3/c1-24-16-8-6-15(7-9-16)21-18(23)12-17(22)20-11-10-13-2-4-14(19)5-3-13/h2-9H,10-12H2,1H3,(H,20,22)(H,21,23). The Bertz CT molecular complexity index is 684. The van der Waals surface area contributed by atoms with Crippen LogP contribution in [-0.2, 0) is 16.0 Å². The van der Waals surface area contributed by atoms with Crippen LogP contribution < -0.4 is 15.4 Å². The first-order valence-corrected chi connectivity index (χ1v) is 7.52. The van der Waals surface area contributed by atoms with E-state index in [-0.39, 0.29) is 24.1 Å². The summed E-state index contributed by atoms with van der Waals surface area (Å²) in [6.07, 6.45) is 0.321. The fourth-order valence-corrected chi connectivity index (χ4v) is 2.09. The second-order valence-corrected chi connectivity index (χ2v) is 5.18. The van der Waals surface area contributed by atoms with Gasteiger partial charge in [0.25, 0.3) is 0 Å². The van der Waals surface area contributed by atoms with Gasteiger partial charge in [-0.2, -0.15) is 0 Å². The number of carbonyl (C=O) groups is 2. The molecule has 24 heavy (non-hydrogen) atoms. The summed E-state index contributed by atoms with van der Waals surface area (Å²) in [5.74, 6) is -0.355. The van der Waals surface area contributed by atoms with E-state index in [4.69, 9.17) is 4.74 Å². The van der Waals surface area contributed by atoms with Crippen LogP contribution in [0.1, 0.15) is 12.0 Å². The molecule has 2 amide bonds. The molecule has 2 N–H and O–H groups in total. The topological polar surface area (TPSA) is 67.4 Å². The lowest BCUT2D eigenvalue weighted by molar-refractivity contribution is -0.126. The zero-order chi connectivity index (χ0) is 17.4. The molecule has 6 heteroatoms. The van der Waals surface area contributed by atoms with E-state index in [9.17, 15) is 14.0 Å². The lowest BCUT2D eigenvalue weighted by atomic mass is 10.1. The number of benzene rings is 2. The Morgan fingerprint density at radius 1 is 1.00 bits per heavy atom. The predicted molar refractivity (Wildman–Crippen MR) is 89.4 cm³/mol. The molecule has 0 fully saturated rings. The van der Waals surface area contributed by atoms with Crippen molar-refractivity contribution in [3.05, 3.63) is 59.9 Å². The van der Waals surface area contributed by atoms with Gasteiger partial charge in [0, 0.05) is 12.2 Å². The van der Waals surface area contributed by atoms with Crippen molar-refractivity contribution in [2.24, 2.45) is 0 Å². The summed E-state index contributed by atoms with van der Waals surface area (Å²) in [7, 11) is 1.56. The molecule has 0 aliphatic carbocycles. The summed E-state index contributed by atoms with van der Waals surface area (Å²) < 4.78 is 17.8. The summed E-state index contributed by atoms with van der Waals surface area (Å²) in [5, 5.41) is 5.31. The first-order chi connectivity index (χ1) is 11.6. The lowest BCUT2D eigenvalue weighted by Gasteiger charge is -2.07. The number of nitrogens with one attached hydrogen (secondary N) is 2. The molecule has 0 saturated heterocycles. The molecule has 0 atom stereocenters. The van der Waals surface area contributed by atoms with E-state index in [2.05, 4.69) is 10.6 Å². The number of hydrogen-bond donors (Lipinski definition) is 2. The van der Waals surface area contributed by atoms with Gasteiger partial charge < -0.3 is 15.4 Å². The lowest BCUT2D eigenvalue weighted by Crippen LogP contribution is -2.29. The van der Waals surface area contributed by atoms with Crippen molar-refractivity contribution in [3.8, 4) is 5.75 Å². The number of rotatable bonds is 7. The summed E-state index contributed by atoms with van der Waals surface area (Å²) >= 11 is 0. The second-order valence-electron chi connectivity index (χ2n) is 5.18. The zero-order valence-corrected chi connectivity index (χ0v) is 13.3. The molecule has 0 unspecified atom stereocenters. The van der Waals surface area contributed by atoms with E-state index in [1.807, 2.05) is 0 Å². The van der Waals surface area contributed by atoms with Gasteiger partial charge in [-0.15, -0.1) is 0 Å². The van der Waals surface area contributed by atoms with Gasteiger partial charge in [-0.1, -0.05) is 12.1 Å². The van der Waals surface area contributed by atoms with E-state index >= 15 is 0 Å². The average molecular weight is 330 g/mol. The van der Waals surface area contributed by atoms with Crippen LogP contribution in [0.25, 0.3) is 0 Å². The molecule has 0 spiro atoms. The van der Waals surface area contributed by atoms with Crippen LogP contribution in [0.4, 0.5) is 10.1 Å². The Morgan fingerprint density at radius 3 is 2.29 bits per heavy atom. The fourth-order valence-electron chi connectivity index (χ4n) is 2.09. The third-order valence-corrected chi connectivity index (χ3v) is 3.34. The SMILES string of the molecule is COc1ccc(NC(=O)CC(=O)NCCc2ccc(F)cc2)cc1. The minimum absolute atomic E-state index is 0.255. The Hall–Kier alpha value is -2.89. The van der Waals surface area contributed by atoms with Crippen LogP contribution in [0.15, 0.2) is 48.5 Å². The van der Waals surface area contributed by atoms with Gasteiger partial charge >= 0.3 is 0 Å². The van der Waals surface area contributed by atoms with E-state index in [0.29, 0.717) is 24.4 Å². The highest BCUT2D eigenvalue weighted by molar-refractivity contribution is 6.03. The molecule has 2 aromatic carbocycles. The van der Waals surface area contributed by atoms with Gasteiger partial charge in [-0.3, -0.25) is 9.59 Å². The third kappa shape index (κ3) is 5.72. The zero-order valence-electron chi connectivity index (χ0n) is 13.3. The Balaban J connectivity index is 1.70. The Labute approximate surface area is 139 Å². The molecule has 2 aromatic rings. The molecule has 0 heterocycles. The number of ether oxygens (including phenoxy) is 1. The number of anilines is 1. The number of amides is 2. The number of hydrogen-bond acceptors (Lipinski definition) is 3. The number of carbonyl (C=O) groups excluding carboxylic acids is 2. The first kappa shape index (κ1) is 17.5. The molecule has 0 saturated carbocycles. The summed E-state index contributed by atoms with van der Waals surface area (Å²) in [6, 6.07) is 12.9. The molecule has 0 bridgehead atoms.